The number of ether oxygens (including phenoxy) is 7. The zero-order valence-electron chi connectivity index (χ0n) is 28.6. The minimum Gasteiger partial charge on any atom is -0.463 e. The van der Waals surface area contributed by atoms with Crippen LogP contribution in [0.2, 0.25) is 0 Å². The van der Waals surface area contributed by atoms with Gasteiger partial charge in [0, 0.05) is 12.8 Å². The molecule has 3 aliphatic heterocycles. The summed E-state index contributed by atoms with van der Waals surface area (Å²) in [5.74, 6) is -1.31. The topological polar surface area (TPSA) is 281 Å². The number of hydrogen-bond donors (Lipinski definition) is 9. The Bertz CT molecular complexity index is 1000. The number of aliphatic hydroxyl groups excluding tert-OH is 9. The van der Waals surface area contributed by atoms with Crippen LogP contribution in [0.15, 0.2) is 0 Å². The fraction of sp³-hybridized carbons (Fsp3) is 0.938. The summed E-state index contributed by atoms with van der Waals surface area (Å²) < 4.78 is 38.6. The van der Waals surface area contributed by atoms with Crippen LogP contribution in [-0.4, -0.2) is 170 Å². The first-order chi connectivity index (χ1) is 23.8. The van der Waals surface area contributed by atoms with Crippen LogP contribution in [-0.2, 0) is 42.7 Å². The first-order valence-corrected chi connectivity index (χ1v) is 17.5. The number of carbonyl (C=O) groups is 2. The van der Waals surface area contributed by atoms with Crippen molar-refractivity contribution < 1.29 is 88.7 Å². The second kappa shape index (κ2) is 21.2. The molecule has 50 heavy (non-hydrogen) atoms. The molecule has 3 heterocycles. The Morgan fingerprint density at radius 1 is 0.540 bits per heavy atom. The van der Waals surface area contributed by atoms with Crippen molar-refractivity contribution in [3.63, 3.8) is 0 Å². The van der Waals surface area contributed by atoms with Crippen molar-refractivity contribution in [3.8, 4) is 0 Å². The maximum Gasteiger partial charge on any atom is 0.308 e. The Morgan fingerprint density at radius 3 is 1.70 bits per heavy atom. The highest BCUT2D eigenvalue weighted by atomic mass is 16.8. The zero-order valence-corrected chi connectivity index (χ0v) is 28.6. The maximum atomic E-state index is 12.9. The van der Waals surface area contributed by atoms with E-state index >= 15 is 0 Å². The summed E-state index contributed by atoms with van der Waals surface area (Å²) >= 11 is 0. The summed E-state index contributed by atoms with van der Waals surface area (Å²) in [6.45, 7) is 2.16. The first-order valence-electron chi connectivity index (χ1n) is 17.5. The lowest BCUT2D eigenvalue weighted by molar-refractivity contribution is -0.367. The zero-order chi connectivity index (χ0) is 37.0. The molecular formula is C32H56O18. The van der Waals surface area contributed by atoms with Crippen molar-refractivity contribution >= 4 is 11.9 Å². The van der Waals surface area contributed by atoms with E-state index in [-0.39, 0.29) is 12.8 Å². The van der Waals surface area contributed by atoms with Gasteiger partial charge in [0.25, 0.3) is 0 Å². The number of rotatable bonds is 19. The average molecular weight is 729 g/mol. The van der Waals surface area contributed by atoms with E-state index in [1.807, 2.05) is 13.8 Å². The molecule has 0 aromatic carbocycles. The fourth-order valence-electron chi connectivity index (χ4n) is 5.83. The third-order valence-corrected chi connectivity index (χ3v) is 9.00. The van der Waals surface area contributed by atoms with Crippen molar-refractivity contribution in [1.29, 1.82) is 0 Å². The SMILES string of the molecule is CCCCCCCC(=O)O[C@@H]1O[C@H](CO[C@@H]2O[C@H](CO)[C@@H](O)[C@H](O)[C@H]2O)[C@@H](O)[C@H](O)[C@H]1O[C@@H]1O[C@H](COC(=O)CCCCC)[C@@H](O)[C@H](O)[C@H]1O. The van der Waals surface area contributed by atoms with E-state index in [0.717, 1.165) is 38.5 Å². The average Bonchev–Trinajstić information content (AvgIpc) is 3.09. The predicted octanol–water partition coefficient (Wildman–Crippen LogP) is -2.53. The van der Waals surface area contributed by atoms with Crippen LogP contribution in [0.25, 0.3) is 0 Å². The molecule has 292 valence electrons. The van der Waals surface area contributed by atoms with Crippen molar-refractivity contribution in [2.75, 3.05) is 19.8 Å². The Labute approximate surface area is 290 Å². The van der Waals surface area contributed by atoms with Crippen molar-refractivity contribution in [2.45, 2.75) is 170 Å². The minimum atomic E-state index is -1.91. The van der Waals surface area contributed by atoms with Gasteiger partial charge in [-0.15, -0.1) is 0 Å². The van der Waals surface area contributed by atoms with Crippen molar-refractivity contribution in [3.05, 3.63) is 0 Å². The van der Waals surface area contributed by atoms with Gasteiger partial charge in [-0.2, -0.15) is 0 Å². The fourth-order valence-corrected chi connectivity index (χ4v) is 5.83. The molecule has 0 radical (unpaired) electrons. The lowest BCUT2D eigenvalue weighted by atomic mass is 9.97. The molecule has 15 atom stereocenters. The number of unbranched alkanes of at least 4 members (excludes halogenated alkanes) is 6. The van der Waals surface area contributed by atoms with Gasteiger partial charge >= 0.3 is 11.9 Å². The summed E-state index contributed by atoms with van der Waals surface area (Å²) in [7, 11) is 0. The lowest BCUT2D eigenvalue weighted by Crippen LogP contribution is -2.65. The van der Waals surface area contributed by atoms with E-state index in [2.05, 4.69) is 0 Å². The number of hydrogen-bond acceptors (Lipinski definition) is 18. The summed E-state index contributed by atoms with van der Waals surface area (Å²) in [5, 5.41) is 93.8. The summed E-state index contributed by atoms with van der Waals surface area (Å²) in [5.41, 5.74) is 0. The van der Waals surface area contributed by atoms with Gasteiger partial charge < -0.3 is 79.1 Å². The van der Waals surface area contributed by atoms with Crippen LogP contribution in [0.4, 0.5) is 0 Å². The monoisotopic (exact) mass is 728 g/mol. The summed E-state index contributed by atoms with van der Waals surface area (Å²) in [6.07, 6.45) is -18.9. The van der Waals surface area contributed by atoms with Crippen LogP contribution in [0.3, 0.4) is 0 Å². The molecule has 3 fully saturated rings. The second-order valence-electron chi connectivity index (χ2n) is 13.0. The highest BCUT2D eigenvalue weighted by Gasteiger charge is 2.53. The van der Waals surface area contributed by atoms with Crippen LogP contribution in [0.1, 0.15) is 78.1 Å². The molecule has 0 bridgehead atoms. The van der Waals surface area contributed by atoms with Gasteiger partial charge in [-0.1, -0.05) is 52.4 Å². The number of aliphatic hydroxyl groups is 9. The van der Waals surface area contributed by atoms with Crippen LogP contribution < -0.4 is 0 Å². The van der Waals surface area contributed by atoms with E-state index < -0.39 is 124 Å². The molecule has 18 nitrogen and oxygen atoms in total. The molecular weight excluding hydrogens is 672 g/mol. The Morgan fingerprint density at radius 2 is 1.04 bits per heavy atom. The van der Waals surface area contributed by atoms with Crippen LogP contribution >= 0.6 is 0 Å². The quantitative estimate of drug-likeness (QED) is 0.0490. The molecule has 0 spiro atoms. The van der Waals surface area contributed by atoms with Crippen molar-refractivity contribution in [2.24, 2.45) is 0 Å². The molecule has 0 unspecified atom stereocenters. The molecule has 3 rings (SSSR count). The molecule has 0 aromatic heterocycles. The number of esters is 2. The Kier molecular flexibility index (Phi) is 18.1. The molecule has 0 amide bonds. The molecule has 18 heteroatoms. The van der Waals surface area contributed by atoms with Gasteiger partial charge in [0.2, 0.25) is 6.29 Å². The Hall–Kier alpha value is -1.62. The first kappa shape index (κ1) is 42.8. The maximum absolute atomic E-state index is 12.9. The smallest absolute Gasteiger partial charge is 0.308 e. The number of carbonyl (C=O) groups excluding carboxylic acids is 2. The highest BCUT2D eigenvalue weighted by Crippen LogP contribution is 2.31. The third kappa shape index (κ3) is 11.7. The van der Waals surface area contributed by atoms with Gasteiger partial charge in [-0.25, -0.2) is 0 Å². The van der Waals surface area contributed by atoms with E-state index in [1.54, 1.807) is 0 Å². The van der Waals surface area contributed by atoms with E-state index in [9.17, 15) is 55.5 Å². The molecule has 0 aliphatic carbocycles. The van der Waals surface area contributed by atoms with Crippen molar-refractivity contribution in [1.82, 2.24) is 0 Å². The van der Waals surface area contributed by atoms with E-state index in [1.165, 1.54) is 0 Å². The highest BCUT2D eigenvalue weighted by molar-refractivity contribution is 5.69. The van der Waals surface area contributed by atoms with Gasteiger partial charge in [0.15, 0.2) is 18.7 Å². The van der Waals surface area contributed by atoms with E-state index in [4.69, 9.17) is 33.2 Å². The Balaban J connectivity index is 1.73. The summed E-state index contributed by atoms with van der Waals surface area (Å²) in [6, 6.07) is 0. The molecule has 9 N–H and O–H groups in total. The molecule has 0 aromatic rings. The normalized spacial score (nSPS) is 39.2. The standard InChI is InChI=1S/C32H56O18/c1-3-5-7-8-10-12-20(35)49-32-29(50-31-28(43)25(40)22(37)17(47-31)14-44-19(34)11-9-6-4-2)26(41)23(38)18(48-32)15-45-30-27(42)24(39)21(36)16(13-33)46-30/h16-18,21-33,36-43H,3-15H2,1-2H3/t16-,17-,18-,21-,22-,23-,24+,25+,26+,27-,28-,29-,30-,31+,32+/m1/s1. The molecule has 3 aliphatic rings. The summed E-state index contributed by atoms with van der Waals surface area (Å²) in [4.78, 5) is 25.0. The predicted molar refractivity (Wildman–Crippen MR) is 167 cm³/mol. The van der Waals surface area contributed by atoms with Crippen LogP contribution in [0.5, 0.6) is 0 Å². The molecule has 3 saturated heterocycles. The lowest BCUT2D eigenvalue weighted by Gasteiger charge is -2.46. The minimum absolute atomic E-state index is 0.0276. The largest absolute Gasteiger partial charge is 0.463 e. The third-order valence-electron chi connectivity index (χ3n) is 9.00. The van der Waals surface area contributed by atoms with E-state index in [0.29, 0.717) is 12.8 Å². The van der Waals surface area contributed by atoms with Crippen LogP contribution in [0, 0.1) is 0 Å². The van der Waals surface area contributed by atoms with Gasteiger partial charge in [-0.3, -0.25) is 9.59 Å². The molecule has 0 saturated carbocycles. The van der Waals surface area contributed by atoms with Gasteiger partial charge in [-0.05, 0) is 12.8 Å². The van der Waals surface area contributed by atoms with Gasteiger partial charge in [0.1, 0.15) is 73.8 Å². The van der Waals surface area contributed by atoms with Gasteiger partial charge in [0.05, 0.1) is 13.2 Å². The second-order valence-corrected chi connectivity index (χ2v) is 13.0.